The minimum absolute atomic E-state index is 0.0331. The molecule has 6 heteroatoms. The normalized spacial score (nSPS) is 10.0. The summed E-state index contributed by atoms with van der Waals surface area (Å²) in [6, 6.07) is 9.58. The molecular formula is C14H15N5O. The number of hydrogen-bond donors (Lipinski definition) is 1. The maximum atomic E-state index is 11.8. The average molecular weight is 269 g/mol. The third-order valence-electron chi connectivity index (χ3n) is 2.72. The van der Waals surface area contributed by atoms with Crippen LogP contribution in [0.3, 0.4) is 0 Å². The van der Waals surface area contributed by atoms with Crippen molar-refractivity contribution in [2.45, 2.75) is 26.3 Å². The SMILES string of the molecule is CCCc1ccc(NC(=O)Cn2cnc(C#N)n2)cc1. The predicted octanol–water partition coefficient (Wildman–Crippen LogP) is 1.74. The lowest BCUT2D eigenvalue weighted by molar-refractivity contribution is -0.116. The molecule has 0 aliphatic carbocycles. The van der Waals surface area contributed by atoms with E-state index in [0.29, 0.717) is 0 Å². The molecule has 2 rings (SSSR count). The monoisotopic (exact) mass is 269 g/mol. The Hall–Kier alpha value is -2.68. The van der Waals surface area contributed by atoms with Gasteiger partial charge in [-0.05, 0) is 24.1 Å². The fourth-order valence-corrected chi connectivity index (χ4v) is 1.81. The van der Waals surface area contributed by atoms with Crippen molar-refractivity contribution in [3.63, 3.8) is 0 Å². The molecule has 0 radical (unpaired) electrons. The summed E-state index contributed by atoms with van der Waals surface area (Å²) in [5, 5.41) is 15.2. The van der Waals surface area contributed by atoms with E-state index in [1.165, 1.54) is 16.6 Å². The summed E-state index contributed by atoms with van der Waals surface area (Å²) in [5.41, 5.74) is 2.00. The van der Waals surface area contributed by atoms with Crippen LogP contribution in [0.2, 0.25) is 0 Å². The van der Waals surface area contributed by atoms with Gasteiger partial charge in [0.05, 0.1) is 0 Å². The summed E-state index contributed by atoms with van der Waals surface area (Å²) in [6.07, 6.45) is 3.49. The molecule has 1 amide bonds. The van der Waals surface area contributed by atoms with E-state index in [0.717, 1.165) is 18.5 Å². The second kappa shape index (κ2) is 6.48. The molecule has 0 unspecified atom stereocenters. The molecule has 1 aromatic carbocycles. The number of nitrogens with one attached hydrogen (secondary N) is 1. The number of carbonyl (C=O) groups excluding carboxylic acids is 1. The summed E-state index contributed by atoms with van der Waals surface area (Å²) in [7, 11) is 0. The Morgan fingerprint density at radius 2 is 2.15 bits per heavy atom. The van der Waals surface area contributed by atoms with Crippen molar-refractivity contribution in [3.8, 4) is 6.07 Å². The predicted molar refractivity (Wildman–Crippen MR) is 73.8 cm³/mol. The standard InChI is InChI=1S/C14H15N5O/c1-2-3-11-4-6-12(7-5-11)17-14(20)9-19-10-16-13(8-15)18-19/h4-7,10H,2-3,9H2,1H3,(H,17,20). The van der Waals surface area contributed by atoms with Crippen LogP contribution in [0, 0.1) is 11.3 Å². The van der Waals surface area contributed by atoms with Crippen molar-refractivity contribution in [3.05, 3.63) is 42.0 Å². The van der Waals surface area contributed by atoms with Crippen LogP contribution in [0.1, 0.15) is 24.7 Å². The Morgan fingerprint density at radius 3 is 2.75 bits per heavy atom. The van der Waals surface area contributed by atoms with Gasteiger partial charge < -0.3 is 5.32 Å². The zero-order valence-electron chi connectivity index (χ0n) is 11.2. The quantitative estimate of drug-likeness (QED) is 0.896. The molecule has 0 fully saturated rings. The van der Waals surface area contributed by atoms with E-state index in [9.17, 15) is 4.79 Å². The average Bonchev–Trinajstić information content (AvgIpc) is 2.89. The van der Waals surface area contributed by atoms with Gasteiger partial charge in [-0.1, -0.05) is 25.5 Å². The Morgan fingerprint density at radius 1 is 1.40 bits per heavy atom. The zero-order valence-corrected chi connectivity index (χ0v) is 11.2. The summed E-state index contributed by atoms with van der Waals surface area (Å²) in [6.45, 7) is 2.16. The Bertz CT molecular complexity index is 624. The van der Waals surface area contributed by atoms with Gasteiger partial charge in [-0.3, -0.25) is 4.79 Å². The van der Waals surface area contributed by atoms with Crippen molar-refractivity contribution in [2.24, 2.45) is 0 Å². The van der Waals surface area contributed by atoms with Gasteiger partial charge >= 0.3 is 0 Å². The van der Waals surface area contributed by atoms with Crippen LogP contribution in [0.25, 0.3) is 0 Å². The van der Waals surface area contributed by atoms with Gasteiger partial charge in [0.15, 0.2) is 0 Å². The molecule has 0 atom stereocenters. The lowest BCUT2D eigenvalue weighted by Gasteiger charge is -2.06. The van der Waals surface area contributed by atoms with Crippen LogP contribution in [-0.4, -0.2) is 20.7 Å². The van der Waals surface area contributed by atoms with Crippen LogP contribution in [0.15, 0.2) is 30.6 Å². The van der Waals surface area contributed by atoms with Gasteiger partial charge in [0, 0.05) is 5.69 Å². The molecule has 6 nitrogen and oxygen atoms in total. The lowest BCUT2D eigenvalue weighted by atomic mass is 10.1. The van der Waals surface area contributed by atoms with Gasteiger partial charge in [0.1, 0.15) is 18.9 Å². The number of amides is 1. The van der Waals surface area contributed by atoms with E-state index in [-0.39, 0.29) is 18.3 Å². The molecule has 0 aliphatic heterocycles. The van der Waals surface area contributed by atoms with Crippen LogP contribution < -0.4 is 5.32 Å². The smallest absolute Gasteiger partial charge is 0.252 e. The van der Waals surface area contributed by atoms with Crippen LogP contribution in [0.4, 0.5) is 5.69 Å². The first-order chi connectivity index (χ1) is 9.71. The molecule has 0 saturated carbocycles. The highest BCUT2D eigenvalue weighted by Gasteiger charge is 2.06. The number of hydrogen-bond acceptors (Lipinski definition) is 4. The summed E-state index contributed by atoms with van der Waals surface area (Å²) in [4.78, 5) is 15.5. The molecule has 0 spiro atoms. The molecule has 1 aromatic heterocycles. The largest absolute Gasteiger partial charge is 0.324 e. The van der Waals surface area contributed by atoms with Crippen molar-refractivity contribution < 1.29 is 4.79 Å². The molecule has 20 heavy (non-hydrogen) atoms. The number of aromatic nitrogens is 3. The highest BCUT2D eigenvalue weighted by molar-refractivity contribution is 5.90. The molecule has 102 valence electrons. The Kier molecular flexibility index (Phi) is 4.45. The molecule has 0 aliphatic rings. The highest BCUT2D eigenvalue weighted by Crippen LogP contribution is 2.11. The van der Waals surface area contributed by atoms with Crippen molar-refractivity contribution >= 4 is 11.6 Å². The second-order valence-corrected chi connectivity index (χ2v) is 4.37. The van der Waals surface area contributed by atoms with Crippen LogP contribution in [0.5, 0.6) is 0 Å². The Labute approximate surface area is 117 Å². The number of nitrogens with zero attached hydrogens (tertiary/aromatic N) is 4. The van der Waals surface area contributed by atoms with Gasteiger partial charge in [-0.2, -0.15) is 5.26 Å². The summed E-state index contributed by atoms with van der Waals surface area (Å²) < 4.78 is 1.33. The van der Waals surface area contributed by atoms with E-state index in [4.69, 9.17) is 5.26 Å². The third-order valence-corrected chi connectivity index (χ3v) is 2.72. The first-order valence-electron chi connectivity index (χ1n) is 6.39. The molecule has 2 aromatic rings. The van der Waals surface area contributed by atoms with Gasteiger partial charge in [-0.15, -0.1) is 5.10 Å². The van der Waals surface area contributed by atoms with Gasteiger partial charge in [0.2, 0.25) is 5.91 Å². The lowest BCUT2D eigenvalue weighted by Crippen LogP contribution is -2.19. The van der Waals surface area contributed by atoms with Crippen molar-refractivity contribution in [2.75, 3.05) is 5.32 Å². The Balaban J connectivity index is 1.92. The van der Waals surface area contributed by atoms with E-state index < -0.39 is 0 Å². The summed E-state index contributed by atoms with van der Waals surface area (Å²) in [5.74, 6) is -0.149. The molecular weight excluding hydrogens is 254 g/mol. The van der Waals surface area contributed by atoms with Gasteiger partial charge in [0.25, 0.3) is 5.82 Å². The minimum atomic E-state index is -0.206. The fraction of sp³-hybridized carbons (Fsp3) is 0.286. The van der Waals surface area contributed by atoms with Crippen LogP contribution >= 0.6 is 0 Å². The number of anilines is 1. The molecule has 0 saturated heterocycles. The fourth-order valence-electron chi connectivity index (χ4n) is 1.81. The molecule has 1 heterocycles. The number of benzene rings is 1. The first-order valence-corrected chi connectivity index (χ1v) is 6.39. The third kappa shape index (κ3) is 3.65. The van der Waals surface area contributed by atoms with E-state index >= 15 is 0 Å². The first kappa shape index (κ1) is 13.7. The minimum Gasteiger partial charge on any atom is -0.324 e. The molecule has 0 bridgehead atoms. The number of rotatable bonds is 5. The van der Waals surface area contributed by atoms with Crippen LogP contribution in [-0.2, 0) is 17.8 Å². The number of aryl methyl sites for hydroxylation is 1. The van der Waals surface area contributed by atoms with Gasteiger partial charge in [-0.25, -0.2) is 9.67 Å². The number of carbonyl (C=O) groups is 1. The van der Waals surface area contributed by atoms with E-state index in [1.54, 1.807) is 0 Å². The van der Waals surface area contributed by atoms with E-state index in [2.05, 4.69) is 22.3 Å². The number of nitriles is 1. The second-order valence-electron chi connectivity index (χ2n) is 4.37. The zero-order chi connectivity index (χ0) is 14.4. The maximum Gasteiger partial charge on any atom is 0.252 e. The van der Waals surface area contributed by atoms with E-state index in [1.807, 2.05) is 30.3 Å². The maximum absolute atomic E-state index is 11.8. The highest BCUT2D eigenvalue weighted by atomic mass is 16.2. The summed E-state index contributed by atoms with van der Waals surface area (Å²) >= 11 is 0. The van der Waals surface area contributed by atoms with Crippen molar-refractivity contribution in [1.29, 1.82) is 5.26 Å². The molecule has 1 N–H and O–H groups in total. The topological polar surface area (TPSA) is 83.6 Å². The van der Waals surface area contributed by atoms with Crippen molar-refractivity contribution in [1.82, 2.24) is 14.8 Å².